The molecule has 2 atom stereocenters. The van der Waals surface area contributed by atoms with Crippen molar-refractivity contribution in [2.45, 2.75) is 25.0 Å². The molecule has 164 valence electrons. The van der Waals surface area contributed by atoms with Crippen molar-refractivity contribution >= 4 is 5.97 Å². The lowest BCUT2D eigenvalue weighted by molar-refractivity contribution is -0.186. The van der Waals surface area contributed by atoms with Gasteiger partial charge >= 0.3 is 5.97 Å². The number of carbonyl (C=O) groups is 1. The summed E-state index contributed by atoms with van der Waals surface area (Å²) in [5.41, 5.74) is 4.52. The Morgan fingerprint density at radius 2 is 1.27 bits per heavy atom. The van der Waals surface area contributed by atoms with Gasteiger partial charge in [0.25, 0.3) is 0 Å². The quantitative estimate of drug-likeness (QED) is 0.311. The van der Waals surface area contributed by atoms with E-state index < -0.39 is 0 Å². The number of ether oxygens (including phenoxy) is 2. The van der Waals surface area contributed by atoms with Crippen LogP contribution in [0.1, 0.15) is 28.2 Å². The minimum absolute atomic E-state index is 0.00705. The van der Waals surface area contributed by atoms with Gasteiger partial charge in [-0.2, -0.15) is 0 Å². The average molecular weight is 435 g/mol. The van der Waals surface area contributed by atoms with Crippen LogP contribution in [0.15, 0.2) is 115 Å². The number of cyclic esters (lactones) is 1. The normalized spacial score (nSPS) is 17.3. The molecule has 1 saturated heterocycles. The Kier molecular flexibility index (Phi) is 6.21. The SMILES string of the molecule is O=C1OC(C(c2ccccc2)c2ccccc2)C1Cc1cccc(OCc2ccccc2)c1. The smallest absolute Gasteiger partial charge is 0.313 e. The standard InChI is InChI=1S/C30H26O3/c31-30-27(20-23-13-10-18-26(19-23)32-21-22-11-4-1-5-12-22)29(33-30)28(24-14-6-2-7-15-24)25-16-8-3-9-17-25/h1-19,27-29H,20-21H2. The lowest BCUT2D eigenvalue weighted by Gasteiger charge is -2.41. The number of hydrogen-bond donors (Lipinski definition) is 0. The van der Waals surface area contributed by atoms with Crippen molar-refractivity contribution in [3.8, 4) is 5.75 Å². The molecule has 1 fully saturated rings. The van der Waals surface area contributed by atoms with Gasteiger partial charge in [-0.3, -0.25) is 4.79 Å². The molecule has 1 heterocycles. The van der Waals surface area contributed by atoms with E-state index in [1.165, 1.54) is 0 Å². The zero-order chi connectivity index (χ0) is 22.5. The van der Waals surface area contributed by atoms with Crippen LogP contribution in [0.4, 0.5) is 0 Å². The Labute approximate surface area is 194 Å². The van der Waals surface area contributed by atoms with Crippen LogP contribution in [0, 0.1) is 5.92 Å². The molecule has 4 aromatic carbocycles. The third kappa shape index (κ3) is 4.83. The van der Waals surface area contributed by atoms with Gasteiger partial charge < -0.3 is 9.47 Å². The van der Waals surface area contributed by atoms with Gasteiger partial charge in [-0.1, -0.05) is 103 Å². The van der Waals surface area contributed by atoms with E-state index in [9.17, 15) is 4.79 Å². The van der Waals surface area contributed by atoms with Gasteiger partial charge in [-0.05, 0) is 40.8 Å². The third-order valence-corrected chi connectivity index (χ3v) is 6.20. The predicted molar refractivity (Wildman–Crippen MR) is 129 cm³/mol. The van der Waals surface area contributed by atoms with E-state index in [0.717, 1.165) is 28.0 Å². The highest BCUT2D eigenvalue weighted by atomic mass is 16.6. The molecule has 0 amide bonds. The number of carbonyl (C=O) groups excluding carboxylic acids is 1. The van der Waals surface area contributed by atoms with Crippen molar-refractivity contribution in [1.29, 1.82) is 0 Å². The highest BCUT2D eigenvalue weighted by molar-refractivity contribution is 5.79. The molecule has 5 rings (SSSR count). The Bertz CT molecular complexity index is 1150. The third-order valence-electron chi connectivity index (χ3n) is 6.20. The molecule has 2 unspecified atom stereocenters. The van der Waals surface area contributed by atoms with E-state index in [2.05, 4.69) is 30.3 Å². The van der Waals surface area contributed by atoms with Crippen molar-refractivity contribution < 1.29 is 14.3 Å². The zero-order valence-corrected chi connectivity index (χ0v) is 18.3. The summed E-state index contributed by atoms with van der Waals surface area (Å²) in [6.45, 7) is 0.516. The van der Waals surface area contributed by atoms with E-state index in [-0.39, 0.29) is 23.9 Å². The van der Waals surface area contributed by atoms with Crippen molar-refractivity contribution in [3.05, 3.63) is 138 Å². The Morgan fingerprint density at radius 3 is 1.88 bits per heavy atom. The van der Waals surface area contributed by atoms with Gasteiger partial charge in [0, 0.05) is 5.92 Å². The van der Waals surface area contributed by atoms with Crippen LogP contribution < -0.4 is 4.74 Å². The molecule has 0 saturated carbocycles. The Hall–Kier alpha value is -3.85. The first-order chi connectivity index (χ1) is 16.3. The maximum Gasteiger partial charge on any atom is 0.313 e. The summed E-state index contributed by atoms with van der Waals surface area (Å²) < 4.78 is 11.7. The molecular weight excluding hydrogens is 408 g/mol. The topological polar surface area (TPSA) is 35.5 Å². The van der Waals surface area contributed by atoms with Gasteiger partial charge in [-0.25, -0.2) is 0 Å². The van der Waals surface area contributed by atoms with Gasteiger partial charge in [0.2, 0.25) is 0 Å². The van der Waals surface area contributed by atoms with Gasteiger partial charge in [0.15, 0.2) is 0 Å². The largest absolute Gasteiger partial charge is 0.489 e. The lowest BCUT2D eigenvalue weighted by atomic mass is 9.76. The van der Waals surface area contributed by atoms with Crippen LogP contribution in [0.5, 0.6) is 5.75 Å². The van der Waals surface area contributed by atoms with Crippen LogP contribution in [0.3, 0.4) is 0 Å². The van der Waals surface area contributed by atoms with Gasteiger partial charge in [0.05, 0.1) is 5.92 Å². The summed E-state index contributed by atoms with van der Waals surface area (Å²) in [4.78, 5) is 12.6. The van der Waals surface area contributed by atoms with E-state index in [4.69, 9.17) is 9.47 Å². The first-order valence-electron chi connectivity index (χ1n) is 11.3. The second-order valence-corrected chi connectivity index (χ2v) is 8.43. The van der Waals surface area contributed by atoms with Gasteiger partial charge in [0.1, 0.15) is 18.5 Å². The van der Waals surface area contributed by atoms with E-state index >= 15 is 0 Å². The fourth-order valence-electron chi connectivity index (χ4n) is 4.51. The van der Waals surface area contributed by atoms with Crippen molar-refractivity contribution in [2.75, 3.05) is 0 Å². The molecule has 0 bridgehead atoms. The van der Waals surface area contributed by atoms with Crippen LogP contribution in [0.25, 0.3) is 0 Å². The number of hydrogen-bond acceptors (Lipinski definition) is 3. The number of benzene rings is 4. The fourth-order valence-corrected chi connectivity index (χ4v) is 4.51. The molecule has 3 heteroatoms. The van der Waals surface area contributed by atoms with E-state index in [1.54, 1.807) is 0 Å². The summed E-state index contributed by atoms with van der Waals surface area (Å²) in [5, 5.41) is 0. The average Bonchev–Trinajstić information content (AvgIpc) is 2.88. The summed E-state index contributed by atoms with van der Waals surface area (Å²) in [7, 11) is 0. The summed E-state index contributed by atoms with van der Waals surface area (Å²) >= 11 is 0. The monoisotopic (exact) mass is 434 g/mol. The van der Waals surface area contributed by atoms with Crippen molar-refractivity contribution in [2.24, 2.45) is 5.92 Å². The molecule has 3 nitrogen and oxygen atoms in total. The first kappa shape index (κ1) is 21.0. The van der Waals surface area contributed by atoms with Gasteiger partial charge in [-0.15, -0.1) is 0 Å². The van der Waals surface area contributed by atoms with Crippen LogP contribution in [-0.2, 0) is 22.6 Å². The highest BCUT2D eigenvalue weighted by Crippen LogP contribution is 2.41. The van der Waals surface area contributed by atoms with Crippen LogP contribution in [-0.4, -0.2) is 12.1 Å². The van der Waals surface area contributed by atoms with Crippen molar-refractivity contribution in [3.63, 3.8) is 0 Å². The maximum absolute atomic E-state index is 12.6. The zero-order valence-electron chi connectivity index (χ0n) is 18.3. The van der Waals surface area contributed by atoms with Crippen LogP contribution >= 0.6 is 0 Å². The second kappa shape index (κ2) is 9.74. The summed E-state index contributed by atoms with van der Waals surface area (Å²) in [6.07, 6.45) is 0.429. The predicted octanol–water partition coefficient (Wildman–Crippen LogP) is 6.18. The molecule has 4 aromatic rings. The fraction of sp³-hybridized carbons (Fsp3) is 0.167. The second-order valence-electron chi connectivity index (χ2n) is 8.43. The molecule has 33 heavy (non-hydrogen) atoms. The summed E-state index contributed by atoms with van der Waals surface area (Å²) in [6, 6.07) is 38.7. The summed E-state index contributed by atoms with van der Waals surface area (Å²) in [5.74, 6) is 0.489. The first-order valence-corrected chi connectivity index (χ1v) is 11.3. The number of esters is 1. The number of rotatable bonds is 8. The lowest BCUT2D eigenvalue weighted by Crippen LogP contribution is -2.50. The molecular formula is C30H26O3. The molecule has 0 spiro atoms. The molecule has 0 aliphatic carbocycles. The molecule has 1 aliphatic rings. The molecule has 1 aliphatic heterocycles. The minimum Gasteiger partial charge on any atom is -0.489 e. The molecule has 0 N–H and O–H groups in total. The Balaban J connectivity index is 1.34. The van der Waals surface area contributed by atoms with Crippen molar-refractivity contribution in [1.82, 2.24) is 0 Å². The van der Waals surface area contributed by atoms with E-state index in [0.29, 0.717) is 13.0 Å². The maximum atomic E-state index is 12.6. The molecule has 0 aromatic heterocycles. The molecule has 0 radical (unpaired) electrons. The minimum atomic E-state index is -0.198. The van der Waals surface area contributed by atoms with Crippen LogP contribution in [0.2, 0.25) is 0 Å². The Morgan fingerprint density at radius 1 is 0.697 bits per heavy atom. The highest BCUT2D eigenvalue weighted by Gasteiger charge is 2.47. The van der Waals surface area contributed by atoms with E-state index in [1.807, 2.05) is 84.9 Å².